The second-order valence-corrected chi connectivity index (χ2v) is 7.83. The maximum Gasteiger partial charge on any atom is 0.176 e. The number of nitriles is 1. The molecule has 0 aromatic carbocycles. The van der Waals surface area contributed by atoms with Crippen molar-refractivity contribution in [2.45, 2.75) is 44.6 Å². The van der Waals surface area contributed by atoms with Gasteiger partial charge in [0.05, 0.1) is 10.8 Å². The summed E-state index contributed by atoms with van der Waals surface area (Å²) in [6.07, 6.45) is 0. The van der Waals surface area contributed by atoms with Gasteiger partial charge in [-0.2, -0.15) is 5.26 Å². The van der Waals surface area contributed by atoms with Crippen molar-refractivity contribution in [3.05, 3.63) is 11.1 Å². The number of fused-ring (bicyclic) bond motifs is 2. The molecule has 0 amide bonds. The van der Waals surface area contributed by atoms with Gasteiger partial charge in [0.2, 0.25) is 0 Å². The Hall–Kier alpha value is -0.820. The lowest BCUT2D eigenvalue weighted by Crippen LogP contribution is -2.40. The highest BCUT2D eigenvalue weighted by molar-refractivity contribution is 7.94. The van der Waals surface area contributed by atoms with Gasteiger partial charge in [0, 0.05) is 5.41 Å². The standard InChI is InChI=1S/C12H17NO2S/c1-7-8(2)12(5)9(3)11(7,4)10(6-13)16(12,14)15/h9-10H,1-5H3/t9?,10-,11+,12-/m0/s1. The van der Waals surface area contributed by atoms with Gasteiger partial charge in [-0.15, -0.1) is 0 Å². The van der Waals surface area contributed by atoms with Crippen molar-refractivity contribution in [2.24, 2.45) is 11.3 Å². The van der Waals surface area contributed by atoms with E-state index in [-0.39, 0.29) is 5.92 Å². The molecule has 4 atom stereocenters. The molecule has 1 heterocycles. The van der Waals surface area contributed by atoms with Gasteiger partial charge in [-0.25, -0.2) is 8.42 Å². The average Bonchev–Trinajstić information content (AvgIpc) is 2.41. The molecule has 88 valence electrons. The van der Waals surface area contributed by atoms with Crippen LogP contribution < -0.4 is 0 Å². The fourth-order valence-corrected chi connectivity index (χ4v) is 6.62. The summed E-state index contributed by atoms with van der Waals surface area (Å²) < 4.78 is 24.0. The second-order valence-electron chi connectivity index (χ2n) is 5.42. The van der Waals surface area contributed by atoms with E-state index in [9.17, 15) is 13.7 Å². The summed E-state index contributed by atoms with van der Waals surface area (Å²) in [5.41, 5.74) is 1.52. The Balaban J connectivity index is 2.90. The van der Waals surface area contributed by atoms with E-state index in [2.05, 4.69) is 0 Å². The monoisotopic (exact) mass is 239 g/mol. The van der Waals surface area contributed by atoms with Crippen LogP contribution in [-0.2, 0) is 9.84 Å². The molecule has 1 aliphatic heterocycles. The van der Waals surface area contributed by atoms with E-state index in [0.29, 0.717) is 0 Å². The van der Waals surface area contributed by atoms with Crippen molar-refractivity contribution in [3.63, 3.8) is 0 Å². The molecule has 1 aliphatic carbocycles. The minimum atomic E-state index is -3.39. The van der Waals surface area contributed by atoms with Gasteiger partial charge in [0.15, 0.2) is 15.1 Å². The van der Waals surface area contributed by atoms with Gasteiger partial charge in [-0.1, -0.05) is 25.0 Å². The van der Waals surface area contributed by atoms with Crippen LogP contribution >= 0.6 is 0 Å². The molecule has 1 fully saturated rings. The molecular formula is C12H17NO2S. The highest BCUT2D eigenvalue weighted by atomic mass is 32.2. The second kappa shape index (κ2) is 2.70. The molecule has 3 nitrogen and oxygen atoms in total. The van der Waals surface area contributed by atoms with Gasteiger partial charge in [0.1, 0.15) is 0 Å². The number of hydrogen-bond acceptors (Lipinski definition) is 3. The van der Waals surface area contributed by atoms with Crippen LogP contribution in [0.1, 0.15) is 34.6 Å². The van der Waals surface area contributed by atoms with E-state index in [4.69, 9.17) is 0 Å². The molecule has 2 bridgehead atoms. The number of nitrogens with zero attached hydrogens (tertiary/aromatic N) is 1. The minimum absolute atomic E-state index is 0.0188. The quantitative estimate of drug-likeness (QED) is 0.608. The van der Waals surface area contributed by atoms with Crippen molar-refractivity contribution in [2.75, 3.05) is 0 Å². The Morgan fingerprint density at radius 2 is 1.75 bits per heavy atom. The molecule has 1 unspecified atom stereocenters. The summed E-state index contributed by atoms with van der Waals surface area (Å²) in [5.74, 6) is -0.0188. The van der Waals surface area contributed by atoms with Crippen LogP contribution in [0.3, 0.4) is 0 Å². The fraction of sp³-hybridized carbons (Fsp3) is 0.750. The first-order chi connectivity index (χ1) is 7.16. The summed E-state index contributed by atoms with van der Waals surface area (Å²) >= 11 is 0. The summed E-state index contributed by atoms with van der Waals surface area (Å²) in [7, 11) is -3.39. The van der Waals surface area contributed by atoms with Crippen LogP contribution in [0.25, 0.3) is 0 Å². The summed E-state index contributed by atoms with van der Waals surface area (Å²) in [6, 6.07) is 2.01. The summed E-state index contributed by atoms with van der Waals surface area (Å²) in [6.45, 7) is 9.50. The molecule has 2 rings (SSSR count). The lowest BCUT2D eigenvalue weighted by Gasteiger charge is -2.30. The van der Waals surface area contributed by atoms with E-state index in [1.54, 1.807) is 6.92 Å². The molecule has 1 saturated heterocycles. The van der Waals surface area contributed by atoms with E-state index < -0.39 is 25.2 Å². The van der Waals surface area contributed by atoms with Gasteiger partial charge < -0.3 is 0 Å². The van der Waals surface area contributed by atoms with Crippen LogP contribution in [-0.4, -0.2) is 18.4 Å². The molecule has 0 spiro atoms. The first-order valence-electron chi connectivity index (χ1n) is 5.48. The summed E-state index contributed by atoms with van der Waals surface area (Å²) in [5, 5.41) is 8.29. The third kappa shape index (κ3) is 0.777. The minimum Gasteiger partial charge on any atom is -0.227 e. The molecule has 0 aromatic rings. The lowest BCUT2D eigenvalue weighted by atomic mass is 9.72. The Kier molecular flexibility index (Phi) is 1.97. The van der Waals surface area contributed by atoms with Crippen molar-refractivity contribution in [1.29, 1.82) is 5.26 Å². The largest absolute Gasteiger partial charge is 0.227 e. The van der Waals surface area contributed by atoms with Crippen molar-refractivity contribution in [3.8, 4) is 6.07 Å². The van der Waals surface area contributed by atoms with E-state index >= 15 is 0 Å². The topological polar surface area (TPSA) is 57.9 Å². The van der Waals surface area contributed by atoms with Crippen molar-refractivity contribution >= 4 is 9.84 Å². The van der Waals surface area contributed by atoms with Gasteiger partial charge in [0.25, 0.3) is 0 Å². The van der Waals surface area contributed by atoms with Gasteiger partial charge in [-0.05, 0) is 26.7 Å². The van der Waals surface area contributed by atoms with Gasteiger partial charge in [-0.3, -0.25) is 0 Å². The molecular weight excluding hydrogens is 222 g/mol. The highest BCUT2D eigenvalue weighted by Gasteiger charge is 2.72. The first-order valence-corrected chi connectivity index (χ1v) is 7.03. The molecule has 2 aliphatic rings. The van der Waals surface area contributed by atoms with E-state index in [1.165, 1.54) is 0 Å². The maximum absolute atomic E-state index is 12.4. The SMILES string of the molecule is CC1=C(C)[C@]2(C)C(C)[C@@]1(C)S(=O)(=O)[C@H]2C#N. The first kappa shape index (κ1) is 11.7. The third-order valence-corrected chi connectivity index (χ3v) is 8.46. The molecule has 0 radical (unpaired) electrons. The fourth-order valence-electron chi connectivity index (χ4n) is 3.65. The summed E-state index contributed by atoms with van der Waals surface area (Å²) in [4.78, 5) is 0. The predicted molar refractivity (Wildman–Crippen MR) is 62.4 cm³/mol. The van der Waals surface area contributed by atoms with Crippen molar-refractivity contribution in [1.82, 2.24) is 0 Å². The zero-order valence-corrected chi connectivity index (χ0v) is 11.1. The average molecular weight is 239 g/mol. The normalized spacial score (nSPS) is 49.5. The molecule has 0 N–H and O–H groups in total. The van der Waals surface area contributed by atoms with Gasteiger partial charge >= 0.3 is 0 Å². The molecule has 0 aromatic heterocycles. The number of allylic oxidation sites excluding steroid dienone is 1. The Bertz CT molecular complexity index is 540. The molecule has 4 heteroatoms. The predicted octanol–water partition coefficient (Wildman–Crippen LogP) is 2.06. The number of hydrogen-bond donors (Lipinski definition) is 0. The number of sulfone groups is 1. The molecule has 0 saturated carbocycles. The van der Waals surface area contributed by atoms with Crippen LogP contribution in [0.15, 0.2) is 11.1 Å². The Morgan fingerprint density at radius 3 is 2.12 bits per heavy atom. The number of rotatable bonds is 0. The lowest BCUT2D eigenvalue weighted by molar-refractivity contribution is 0.294. The zero-order chi connectivity index (χ0) is 12.5. The maximum atomic E-state index is 12.4. The van der Waals surface area contributed by atoms with Crippen LogP contribution in [0, 0.1) is 22.7 Å². The van der Waals surface area contributed by atoms with E-state index in [0.717, 1.165) is 11.1 Å². The third-order valence-electron chi connectivity index (χ3n) is 5.40. The smallest absolute Gasteiger partial charge is 0.176 e. The van der Waals surface area contributed by atoms with E-state index in [1.807, 2.05) is 33.8 Å². The Labute approximate surface area is 97.1 Å². The molecule has 16 heavy (non-hydrogen) atoms. The van der Waals surface area contributed by atoms with Crippen LogP contribution in [0.2, 0.25) is 0 Å². The van der Waals surface area contributed by atoms with Crippen molar-refractivity contribution < 1.29 is 8.42 Å². The zero-order valence-electron chi connectivity index (χ0n) is 10.3. The van der Waals surface area contributed by atoms with Crippen LogP contribution in [0.4, 0.5) is 0 Å². The van der Waals surface area contributed by atoms with Crippen LogP contribution in [0.5, 0.6) is 0 Å². The Morgan fingerprint density at radius 1 is 1.25 bits per heavy atom. The highest BCUT2D eigenvalue weighted by Crippen LogP contribution is 2.65.